The normalized spacial score (nSPS) is 16.8. The fourth-order valence-electron chi connectivity index (χ4n) is 5.29. The van der Waals surface area contributed by atoms with Crippen LogP contribution in [0.4, 0.5) is 55.9 Å². The van der Waals surface area contributed by atoms with Gasteiger partial charge in [-0.05, 0) is 67.3 Å². The lowest BCUT2D eigenvalue weighted by atomic mass is 9.89. The highest BCUT2D eigenvalue weighted by Crippen LogP contribution is 2.43. The molecule has 0 fully saturated rings. The van der Waals surface area contributed by atoms with Crippen LogP contribution in [-0.2, 0) is 34.4 Å². The van der Waals surface area contributed by atoms with E-state index in [2.05, 4.69) is 15.3 Å². The Hall–Kier alpha value is -4.28. The highest BCUT2D eigenvalue weighted by Gasteiger charge is 2.40. The van der Waals surface area contributed by atoms with Gasteiger partial charge in [-0.3, -0.25) is 4.90 Å². The second-order valence-electron chi connectivity index (χ2n) is 10.8. The van der Waals surface area contributed by atoms with Gasteiger partial charge in [0.1, 0.15) is 6.61 Å². The largest absolute Gasteiger partial charge is 0.488 e. The predicted octanol–water partition coefficient (Wildman–Crippen LogP) is 8.45. The molecule has 48 heavy (non-hydrogen) atoms. The van der Waals surface area contributed by atoms with Crippen LogP contribution in [0.5, 0.6) is 5.75 Å². The van der Waals surface area contributed by atoms with E-state index < -0.39 is 59.8 Å². The first-order valence-electron chi connectivity index (χ1n) is 14.7. The molecule has 0 radical (unpaired) electrons. The Labute approximate surface area is 269 Å². The minimum Gasteiger partial charge on any atom is -0.488 e. The number of aromatic nitrogens is 2. The molecule has 1 aliphatic rings. The van der Waals surface area contributed by atoms with Crippen molar-refractivity contribution in [1.29, 1.82) is 0 Å². The summed E-state index contributed by atoms with van der Waals surface area (Å²) in [7, 11) is 1.38. The van der Waals surface area contributed by atoms with E-state index in [0.29, 0.717) is 18.6 Å². The summed E-state index contributed by atoms with van der Waals surface area (Å²) < 4.78 is 138. The second kappa shape index (κ2) is 14.5. The van der Waals surface area contributed by atoms with Gasteiger partial charge in [0, 0.05) is 19.6 Å². The van der Waals surface area contributed by atoms with Crippen LogP contribution in [0.15, 0.2) is 42.6 Å². The van der Waals surface area contributed by atoms with E-state index in [1.165, 1.54) is 12.0 Å². The van der Waals surface area contributed by atoms with Crippen LogP contribution >= 0.6 is 0 Å². The minimum absolute atomic E-state index is 0.00587. The van der Waals surface area contributed by atoms with Crippen molar-refractivity contribution in [2.24, 2.45) is 0 Å². The number of carbonyl (C=O) groups is 1. The molecule has 0 spiro atoms. The van der Waals surface area contributed by atoms with Crippen molar-refractivity contribution < 1.29 is 58.5 Å². The smallest absolute Gasteiger partial charge is 0.416 e. The number of rotatable bonds is 10. The van der Waals surface area contributed by atoms with Crippen LogP contribution in [0, 0.1) is 0 Å². The van der Waals surface area contributed by atoms with Crippen LogP contribution in [0.1, 0.15) is 66.2 Å². The maximum Gasteiger partial charge on any atom is 0.416 e. The van der Waals surface area contributed by atoms with Crippen molar-refractivity contribution >= 4 is 17.7 Å². The zero-order valence-electron chi connectivity index (χ0n) is 25.8. The Morgan fingerprint density at radius 1 is 0.917 bits per heavy atom. The molecule has 0 saturated carbocycles. The van der Waals surface area contributed by atoms with Gasteiger partial charge in [-0.1, -0.05) is 6.92 Å². The van der Waals surface area contributed by atoms with E-state index in [-0.39, 0.29) is 66.5 Å². The van der Waals surface area contributed by atoms with E-state index in [1.54, 1.807) is 13.8 Å². The second-order valence-corrected chi connectivity index (χ2v) is 10.8. The average Bonchev–Trinajstić information content (AvgIpc) is 3.00. The summed E-state index contributed by atoms with van der Waals surface area (Å²) in [5.41, 5.74) is -4.28. The first-order chi connectivity index (χ1) is 22.5. The molecule has 0 bridgehead atoms. The third-order valence-electron chi connectivity index (χ3n) is 7.50. The van der Waals surface area contributed by atoms with Gasteiger partial charge >= 0.3 is 24.6 Å². The fraction of sp³-hybridized carbons (Fsp3) is 0.452. The number of nitrogens with zero attached hydrogens (tertiary/aromatic N) is 3. The minimum atomic E-state index is -5.08. The number of fused-ring (bicyclic) bond motifs is 1. The van der Waals surface area contributed by atoms with E-state index >= 15 is 0 Å². The Balaban J connectivity index is 1.78. The maximum atomic E-state index is 13.8. The number of ether oxygens (including phenoxy) is 3. The third-order valence-corrected chi connectivity index (χ3v) is 7.50. The zero-order valence-corrected chi connectivity index (χ0v) is 25.8. The summed E-state index contributed by atoms with van der Waals surface area (Å²) in [4.78, 5) is 22.7. The monoisotopic (exact) mass is 694 g/mol. The molecule has 262 valence electrons. The molecule has 2 aromatic carbocycles. The van der Waals surface area contributed by atoms with Crippen LogP contribution in [0.25, 0.3) is 0 Å². The van der Waals surface area contributed by atoms with Gasteiger partial charge in [0.2, 0.25) is 5.95 Å². The number of carbonyl (C=O) groups excluding carboxylic acids is 1. The molecule has 4 rings (SSSR count). The summed E-state index contributed by atoms with van der Waals surface area (Å²) in [5, 5.41) is 2.95. The number of halogens is 9. The highest BCUT2D eigenvalue weighted by molar-refractivity contribution is 5.90. The van der Waals surface area contributed by atoms with Crippen molar-refractivity contribution in [3.05, 3.63) is 76.1 Å². The average molecular weight is 695 g/mol. The SMILES string of the molecule is CCOC(=O)N1c2ccc(C(F)(F)F)cc2[C@@H](Nc2ncc(OCCOC)c(Cc3cc(C(F)(F)F)cc(C(F)(F)F)c3)n2)C[C@H]1CC. The lowest BCUT2D eigenvalue weighted by Gasteiger charge is -2.40. The van der Waals surface area contributed by atoms with Crippen molar-refractivity contribution in [2.45, 2.75) is 63.7 Å². The summed E-state index contributed by atoms with van der Waals surface area (Å²) in [6.07, 6.45) is -14.6. The third kappa shape index (κ3) is 8.59. The topological polar surface area (TPSA) is 85.8 Å². The van der Waals surface area contributed by atoms with Crippen LogP contribution < -0.4 is 15.0 Å². The Bertz CT molecular complexity index is 1560. The van der Waals surface area contributed by atoms with Crippen LogP contribution in [0.2, 0.25) is 0 Å². The van der Waals surface area contributed by atoms with Gasteiger partial charge in [-0.2, -0.15) is 39.5 Å². The molecule has 8 nitrogen and oxygen atoms in total. The van der Waals surface area contributed by atoms with Crippen molar-refractivity contribution in [2.75, 3.05) is 37.1 Å². The molecular formula is C31H31F9N4O4. The molecule has 2 heterocycles. The van der Waals surface area contributed by atoms with Gasteiger partial charge in [0.05, 0.1) is 53.5 Å². The first kappa shape index (κ1) is 36.6. The lowest BCUT2D eigenvalue weighted by Crippen LogP contribution is -2.46. The summed E-state index contributed by atoms with van der Waals surface area (Å²) in [6.45, 7) is 3.40. The Morgan fingerprint density at radius 2 is 1.56 bits per heavy atom. The molecule has 1 aromatic heterocycles. The van der Waals surface area contributed by atoms with E-state index in [0.717, 1.165) is 24.4 Å². The number of alkyl halides is 9. The zero-order chi connectivity index (χ0) is 35.4. The molecule has 17 heteroatoms. The number of amides is 1. The number of hydrogen-bond acceptors (Lipinski definition) is 7. The first-order valence-corrected chi connectivity index (χ1v) is 14.7. The van der Waals surface area contributed by atoms with E-state index in [1.807, 2.05) is 0 Å². The fourth-order valence-corrected chi connectivity index (χ4v) is 5.29. The van der Waals surface area contributed by atoms with E-state index in [9.17, 15) is 44.3 Å². The molecule has 2 atom stereocenters. The summed E-state index contributed by atoms with van der Waals surface area (Å²) >= 11 is 0. The Kier molecular flexibility index (Phi) is 11.0. The van der Waals surface area contributed by atoms with E-state index in [4.69, 9.17) is 14.2 Å². The predicted molar refractivity (Wildman–Crippen MR) is 155 cm³/mol. The molecule has 0 aliphatic carbocycles. The molecule has 1 aliphatic heterocycles. The number of anilines is 2. The highest BCUT2D eigenvalue weighted by atomic mass is 19.4. The van der Waals surface area contributed by atoms with Gasteiger partial charge in [0.25, 0.3) is 0 Å². The van der Waals surface area contributed by atoms with Crippen LogP contribution in [0.3, 0.4) is 0 Å². The van der Waals surface area contributed by atoms with Crippen LogP contribution in [-0.4, -0.2) is 49.0 Å². The molecule has 1 amide bonds. The van der Waals surface area contributed by atoms with Gasteiger partial charge < -0.3 is 19.5 Å². The number of hydrogen-bond donors (Lipinski definition) is 1. The number of benzene rings is 2. The van der Waals surface area contributed by atoms with Gasteiger partial charge in [-0.25, -0.2) is 14.8 Å². The quantitative estimate of drug-likeness (QED) is 0.168. The summed E-state index contributed by atoms with van der Waals surface area (Å²) in [5.74, 6) is -0.258. The van der Waals surface area contributed by atoms with Gasteiger partial charge in [-0.15, -0.1) is 0 Å². The Morgan fingerprint density at radius 3 is 2.12 bits per heavy atom. The van der Waals surface area contributed by atoms with Crippen molar-refractivity contribution in [1.82, 2.24) is 9.97 Å². The number of methoxy groups -OCH3 is 1. The van der Waals surface area contributed by atoms with Crippen molar-refractivity contribution in [3.8, 4) is 5.75 Å². The molecular weight excluding hydrogens is 663 g/mol. The summed E-state index contributed by atoms with van der Waals surface area (Å²) in [6, 6.07) is 2.58. The maximum absolute atomic E-state index is 13.8. The molecule has 1 N–H and O–H groups in total. The number of nitrogens with one attached hydrogen (secondary N) is 1. The molecule has 3 aromatic rings. The van der Waals surface area contributed by atoms with Crippen molar-refractivity contribution in [3.63, 3.8) is 0 Å². The van der Waals surface area contributed by atoms with Gasteiger partial charge in [0.15, 0.2) is 5.75 Å². The molecule has 0 unspecified atom stereocenters. The lowest BCUT2D eigenvalue weighted by molar-refractivity contribution is -0.143. The molecule has 0 saturated heterocycles. The standard InChI is InChI=1S/C31H31F9N4O4/c1-4-21-15-23(22-14-18(29(32,33)34)6-7-25(22)44(21)28(45)47-5-2)42-27-41-16-26(48-9-8-46-3)24(43-27)12-17-10-19(30(35,36)37)13-20(11-17)31(38,39)40/h6-7,10-11,13-14,16,21,23H,4-5,8-9,12,15H2,1-3H3,(H,41,42,43)/t21-,23+/m1/s1.